The van der Waals surface area contributed by atoms with Crippen LogP contribution in [0.5, 0.6) is 40.2 Å². The van der Waals surface area contributed by atoms with Crippen LogP contribution >= 0.6 is 0 Å². The smallest absolute Gasteiger partial charge is 0.331 e. The van der Waals surface area contributed by atoms with Gasteiger partial charge in [-0.1, -0.05) is 6.07 Å². The number of aliphatic hydroxyl groups excluding tert-OH is 9. The molecule has 0 spiro atoms. The average molecular weight is 919 g/mol. The fourth-order valence-corrected chi connectivity index (χ4v) is 7.61. The Kier molecular flexibility index (Phi) is 14.0. The summed E-state index contributed by atoms with van der Waals surface area (Å²) in [6.07, 6.45) is -21.0. The van der Waals surface area contributed by atoms with Gasteiger partial charge in [-0.3, -0.25) is 4.79 Å². The molecule has 3 aliphatic rings. The van der Waals surface area contributed by atoms with E-state index in [1.807, 2.05) is 0 Å². The van der Waals surface area contributed by atoms with Crippen LogP contribution in [0.4, 0.5) is 0 Å². The van der Waals surface area contributed by atoms with E-state index in [4.69, 9.17) is 32.8 Å². The van der Waals surface area contributed by atoms with E-state index in [0.717, 1.165) is 42.5 Å². The Morgan fingerprint density at radius 3 is 2.09 bits per heavy atom. The van der Waals surface area contributed by atoms with Gasteiger partial charge in [0.1, 0.15) is 77.4 Å². The van der Waals surface area contributed by atoms with Crippen molar-refractivity contribution in [3.05, 3.63) is 70.4 Å². The van der Waals surface area contributed by atoms with Crippen molar-refractivity contribution < 1.29 is 109 Å². The first-order valence-corrected chi connectivity index (χ1v) is 19.9. The van der Waals surface area contributed by atoms with Crippen molar-refractivity contribution in [3.63, 3.8) is 0 Å². The number of carbonyl (C=O) groups excluding carboxylic acids is 1. The Hall–Kier alpha value is -5.80. The first-order chi connectivity index (χ1) is 30.9. The molecule has 3 aromatic carbocycles. The van der Waals surface area contributed by atoms with Gasteiger partial charge in [0.15, 0.2) is 41.2 Å². The van der Waals surface area contributed by atoms with Crippen LogP contribution in [0.2, 0.25) is 0 Å². The zero-order valence-electron chi connectivity index (χ0n) is 33.6. The monoisotopic (exact) mass is 918 g/mol. The quantitative estimate of drug-likeness (QED) is 0.0405. The molecule has 14 atom stereocenters. The number of carbonyl (C=O) groups is 1. The third-order valence-corrected chi connectivity index (χ3v) is 11.2. The standard InChI is InChI=1S/C42H46O23/c43-12-17-9-26(38(35(57)30(17)52)65-42-40(31(53)24(50)14-59-42)64-28(51)6-2-15-1-4-19(45)21(47)7-15)62-39-33(55)29-23(49)10-18(60-41-36(58)34(56)32(54)27(13-44)63-41)11-25(29)61-37(39)16-3-5-20(46)22(48)8-16/h1-8,10-11,17,24,26-27,30-32,34-36,38,40-50,52-54,56-58H,9,12-14H2. The predicted octanol–water partition coefficient (Wildman–Crippen LogP) is -2.26. The molecule has 0 radical (unpaired) electrons. The highest BCUT2D eigenvalue weighted by Gasteiger charge is 2.51. The number of aliphatic hydroxyl groups is 9. The highest BCUT2D eigenvalue weighted by molar-refractivity contribution is 5.89. The Balaban J connectivity index is 1.24. The van der Waals surface area contributed by atoms with E-state index in [1.165, 1.54) is 18.2 Å². The lowest BCUT2D eigenvalue weighted by Crippen LogP contribution is -2.62. The molecule has 14 unspecified atom stereocenters. The number of fused-ring (bicyclic) bond motifs is 1. The largest absolute Gasteiger partial charge is 0.507 e. The van der Waals surface area contributed by atoms with Crippen LogP contribution in [0.15, 0.2) is 63.8 Å². The van der Waals surface area contributed by atoms with E-state index in [2.05, 4.69) is 0 Å². The summed E-state index contributed by atoms with van der Waals surface area (Å²) >= 11 is 0. The molecule has 1 aliphatic carbocycles. The first kappa shape index (κ1) is 47.2. The average Bonchev–Trinajstić information content (AvgIpc) is 3.27. The number of phenolic OH excluding ortho intramolecular Hbond substituents is 5. The normalized spacial score (nSPS) is 31.8. The molecule has 2 aliphatic heterocycles. The SMILES string of the molecule is O=C(C=Cc1ccc(O)c(O)c1)OC1C(OC2C(Oc3c(-c4ccc(O)c(O)c4)oc4cc(OC5OC(CO)C(O)C(O)C5O)cc(O)c4c3=O)CC(CO)C(O)C2O)OCC(O)C1O. The van der Waals surface area contributed by atoms with E-state index in [9.17, 15) is 81.1 Å². The second-order valence-electron chi connectivity index (χ2n) is 15.6. The Morgan fingerprint density at radius 1 is 0.708 bits per heavy atom. The second-order valence-corrected chi connectivity index (χ2v) is 15.6. The Labute approximate surface area is 365 Å². The van der Waals surface area contributed by atoms with Gasteiger partial charge in [0.2, 0.25) is 17.5 Å². The number of hydrogen-bond acceptors (Lipinski definition) is 23. The third-order valence-electron chi connectivity index (χ3n) is 11.2. The molecule has 4 aromatic rings. The molecule has 352 valence electrons. The molecule has 23 nitrogen and oxygen atoms in total. The third kappa shape index (κ3) is 9.62. The van der Waals surface area contributed by atoms with Gasteiger partial charge in [-0.25, -0.2) is 4.79 Å². The summed E-state index contributed by atoms with van der Waals surface area (Å²) in [7, 11) is 0. The topological polar surface area (TPSA) is 386 Å². The Morgan fingerprint density at radius 2 is 1.42 bits per heavy atom. The molecule has 7 rings (SSSR count). The zero-order chi connectivity index (χ0) is 47.0. The van der Waals surface area contributed by atoms with Crippen LogP contribution in [0.25, 0.3) is 28.4 Å². The number of aromatic hydroxyl groups is 5. The summed E-state index contributed by atoms with van der Waals surface area (Å²) in [4.78, 5) is 27.5. The summed E-state index contributed by atoms with van der Waals surface area (Å²) in [5.74, 6) is -6.81. The molecule has 14 N–H and O–H groups in total. The number of esters is 1. The minimum atomic E-state index is -1.97. The van der Waals surface area contributed by atoms with Crippen LogP contribution in [-0.4, -0.2) is 177 Å². The van der Waals surface area contributed by atoms with Gasteiger partial charge < -0.3 is 104 Å². The molecule has 3 fully saturated rings. The molecule has 65 heavy (non-hydrogen) atoms. The highest BCUT2D eigenvalue weighted by atomic mass is 16.7. The minimum absolute atomic E-state index is 0.128. The number of rotatable bonds is 12. The van der Waals surface area contributed by atoms with Crippen molar-refractivity contribution in [1.82, 2.24) is 0 Å². The van der Waals surface area contributed by atoms with E-state index in [1.54, 1.807) is 0 Å². The molecule has 0 amide bonds. The van der Waals surface area contributed by atoms with Gasteiger partial charge in [0.25, 0.3) is 0 Å². The van der Waals surface area contributed by atoms with Gasteiger partial charge in [-0.05, 0) is 48.4 Å². The molecule has 23 heteroatoms. The van der Waals surface area contributed by atoms with Crippen molar-refractivity contribution in [2.24, 2.45) is 5.92 Å². The van der Waals surface area contributed by atoms with Gasteiger partial charge in [0.05, 0.1) is 19.3 Å². The first-order valence-electron chi connectivity index (χ1n) is 19.9. The van der Waals surface area contributed by atoms with Crippen molar-refractivity contribution >= 4 is 23.0 Å². The summed E-state index contributed by atoms with van der Waals surface area (Å²) in [6, 6.07) is 8.82. The highest BCUT2D eigenvalue weighted by Crippen LogP contribution is 2.41. The fourth-order valence-electron chi connectivity index (χ4n) is 7.61. The van der Waals surface area contributed by atoms with E-state index >= 15 is 0 Å². The minimum Gasteiger partial charge on any atom is -0.507 e. The van der Waals surface area contributed by atoms with Crippen molar-refractivity contribution in [2.45, 2.75) is 86.1 Å². The van der Waals surface area contributed by atoms with Crippen LogP contribution in [0.3, 0.4) is 0 Å². The molecule has 1 aromatic heterocycles. The van der Waals surface area contributed by atoms with Crippen LogP contribution in [-0.2, 0) is 23.7 Å². The van der Waals surface area contributed by atoms with Crippen LogP contribution in [0.1, 0.15) is 12.0 Å². The van der Waals surface area contributed by atoms with Crippen LogP contribution < -0.4 is 14.9 Å². The summed E-state index contributed by atoms with van der Waals surface area (Å²) < 4.78 is 40.4. The lowest BCUT2D eigenvalue weighted by atomic mass is 9.81. The molecule has 2 saturated heterocycles. The number of ether oxygens (including phenoxy) is 6. The van der Waals surface area contributed by atoms with Crippen molar-refractivity contribution in [2.75, 3.05) is 19.8 Å². The number of hydrogen-bond donors (Lipinski definition) is 14. The molecular weight excluding hydrogens is 872 g/mol. The molecule has 3 heterocycles. The van der Waals surface area contributed by atoms with Gasteiger partial charge >= 0.3 is 5.97 Å². The number of benzene rings is 3. The van der Waals surface area contributed by atoms with Crippen molar-refractivity contribution in [3.8, 4) is 51.6 Å². The maximum atomic E-state index is 14.5. The lowest BCUT2D eigenvalue weighted by Gasteiger charge is -2.45. The van der Waals surface area contributed by atoms with E-state index < -0.39 is 168 Å². The second kappa shape index (κ2) is 19.4. The van der Waals surface area contributed by atoms with Gasteiger partial charge in [-0.2, -0.15) is 0 Å². The van der Waals surface area contributed by atoms with E-state index in [-0.39, 0.29) is 23.3 Å². The zero-order valence-corrected chi connectivity index (χ0v) is 33.6. The van der Waals surface area contributed by atoms with Gasteiger partial charge in [-0.15, -0.1) is 0 Å². The molecular formula is C42H46O23. The maximum Gasteiger partial charge on any atom is 0.331 e. The van der Waals surface area contributed by atoms with Gasteiger partial charge in [0, 0.05) is 36.3 Å². The van der Waals surface area contributed by atoms with E-state index in [0.29, 0.717) is 0 Å². The number of phenols is 5. The molecule has 1 saturated carbocycles. The Bertz CT molecular complexity index is 2440. The summed E-state index contributed by atoms with van der Waals surface area (Å²) in [5, 5.41) is 145. The maximum absolute atomic E-state index is 14.5. The predicted molar refractivity (Wildman–Crippen MR) is 214 cm³/mol. The van der Waals surface area contributed by atoms with Crippen molar-refractivity contribution in [1.29, 1.82) is 0 Å². The summed E-state index contributed by atoms with van der Waals surface area (Å²) in [5.41, 5.74) is -1.41. The fraction of sp³-hybridized carbons (Fsp3) is 0.429. The summed E-state index contributed by atoms with van der Waals surface area (Å²) in [6.45, 7) is -2.11. The van der Waals surface area contributed by atoms with Crippen LogP contribution in [0, 0.1) is 5.92 Å². The lowest BCUT2D eigenvalue weighted by molar-refractivity contribution is -0.310. The molecule has 0 bridgehead atoms.